The Morgan fingerprint density at radius 3 is 2.00 bits per heavy atom. The highest BCUT2D eigenvalue weighted by Crippen LogP contribution is 2.12. The third-order valence-electron chi connectivity index (χ3n) is 5.76. The topological polar surface area (TPSA) is 163 Å². The van der Waals surface area contributed by atoms with E-state index >= 15 is 0 Å². The van der Waals surface area contributed by atoms with E-state index in [0.29, 0.717) is 43.2 Å². The fourth-order valence-electron chi connectivity index (χ4n) is 3.63. The van der Waals surface area contributed by atoms with Crippen molar-refractivity contribution in [2.24, 2.45) is 0 Å². The van der Waals surface area contributed by atoms with E-state index in [1.807, 2.05) is 0 Å². The van der Waals surface area contributed by atoms with Gasteiger partial charge in [-0.25, -0.2) is 0 Å². The van der Waals surface area contributed by atoms with Crippen molar-refractivity contribution in [3.63, 3.8) is 0 Å². The van der Waals surface area contributed by atoms with Gasteiger partial charge in [-0.05, 0) is 76.2 Å². The Hall–Kier alpha value is -4.38. The summed E-state index contributed by atoms with van der Waals surface area (Å²) in [6.45, 7) is 2.12. The molecule has 5 N–H and O–H groups in total. The van der Waals surface area contributed by atoms with Gasteiger partial charge in [0.2, 0.25) is 11.8 Å². The molecule has 0 unspecified atom stereocenters. The molecule has 0 aliphatic heterocycles. The molecular formula is C28H35N5O6. The number of hydrogen-bond acceptors (Lipinski definition) is 7. The molecule has 0 bridgehead atoms. The summed E-state index contributed by atoms with van der Waals surface area (Å²) in [6, 6.07) is 12.0. The minimum Gasteiger partial charge on any atom is -0.345 e. The number of benzene rings is 2. The zero-order valence-corrected chi connectivity index (χ0v) is 22.1. The van der Waals surface area contributed by atoms with Crippen LogP contribution in [-0.2, 0) is 19.2 Å². The smallest absolute Gasteiger partial charge is 0.255 e. The lowest BCUT2D eigenvalue weighted by Crippen LogP contribution is -2.55. The van der Waals surface area contributed by atoms with Gasteiger partial charge in [-0.2, -0.15) is 0 Å². The molecule has 0 fully saturated rings. The van der Waals surface area contributed by atoms with Crippen molar-refractivity contribution in [3.8, 4) is 0 Å². The molecule has 2 aromatic rings. The number of carbonyl (C=O) groups is 6. The second-order valence-electron chi connectivity index (χ2n) is 8.91. The van der Waals surface area contributed by atoms with Gasteiger partial charge >= 0.3 is 0 Å². The molecule has 11 nitrogen and oxygen atoms in total. The van der Waals surface area contributed by atoms with Gasteiger partial charge in [0.15, 0.2) is 0 Å². The van der Waals surface area contributed by atoms with Crippen LogP contribution in [0.1, 0.15) is 53.3 Å². The Kier molecular flexibility index (Phi) is 13.0. The van der Waals surface area contributed by atoms with Crippen LogP contribution in [0, 0.1) is 0 Å². The first-order valence-electron chi connectivity index (χ1n) is 12.7. The lowest BCUT2D eigenvalue weighted by molar-refractivity contribution is -0.131. The van der Waals surface area contributed by atoms with Crippen LogP contribution in [0.5, 0.6) is 0 Å². The number of aldehydes is 2. The standard InChI is InChI=1S/C28H35N5O6/c1-19(18-35)30-27(38)23(10-6-16-29-2)33-28(39)24(11-7-17-34)32-26(37)21-12-14-22(15-13-21)31-25(36)20-8-4-3-5-9-20/h3-5,8-9,12-15,17-19,23-24,29H,6-7,10-11,16H2,1-2H3,(H,30,38)(H,31,36)(H,32,37)(H,33,39)/t19-,23-,24-/m0/s1. The fraction of sp³-hybridized carbons (Fsp3) is 0.357. The Labute approximate surface area is 227 Å². The van der Waals surface area contributed by atoms with Crippen LogP contribution in [0.3, 0.4) is 0 Å². The highest BCUT2D eigenvalue weighted by molar-refractivity contribution is 6.04. The third-order valence-corrected chi connectivity index (χ3v) is 5.76. The van der Waals surface area contributed by atoms with E-state index in [2.05, 4.69) is 26.6 Å². The maximum Gasteiger partial charge on any atom is 0.255 e. The van der Waals surface area contributed by atoms with E-state index < -0.39 is 35.8 Å². The average Bonchev–Trinajstić information content (AvgIpc) is 2.95. The Morgan fingerprint density at radius 2 is 1.38 bits per heavy atom. The summed E-state index contributed by atoms with van der Waals surface area (Å²) in [5.74, 6) is -2.00. The highest BCUT2D eigenvalue weighted by atomic mass is 16.2. The lowest BCUT2D eigenvalue weighted by Gasteiger charge is -2.23. The molecule has 0 aromatic heterocycles. The second-order valence-corrected chi connectivity index (χ2v) is 8.91. The summed E-state index contributed by atoms with van der Waals surface area (Å²) in [7, 11) is 1.76. The van der Waals surface area contributed by atoms with Crippen molar-refractivity contribution < 1.29 is 28.8 Å². The Morgan fingerprint density at radius 1 is 0.769 bits per heavy atom. The van der Waals surface area contributed by atoms with Crippen LogP contribution < -0.4 is 26.6 Å². The SMILES string of the molecule is CNCCC[C@H](NC(=O)[C@H](CCC=O)NC(=O)c1ccc(NC(=O)c2ccccc2)cc1)C(=O)N[C@@H](C)C=O. The van der Waals surface area contributed by atoms with Gasteiger partial charge in [-0.15, -0.1) is 0 Å². The van der Waals surface area contributed by atoms with E-state index in [9.17, 15) is 28.8 Å². The molecule has 0 spiro atoms. The number of hydrogen-bond donors (Lipinski definition) is 5. The molecule has 4 amide bonds. The van der Waals surface area contributed by atoms with Gasteiger partial charge in [-0.3, -0.25) is 19.2 Å². The van der Waals surface area contributed by atoms with Crippen molar-refractivity contribution in [2.45, 2.75) is 50.7 Å². The van der Waals surface area contributed by atoms with Crippen LogP contribution in [0.25, 0.3) is 0 Å². The molecule has 39 heavy (non-hydrogen) atoms. The van der Waals surface area contributed by atoms with E-state index in [4.69, 9.17) is 0 Å². The molecule has 11 heteroatoms. The number of anilines is 1. The zero-order chi connectivity index (χ0) is 28.6. The van der Waals surface area contributed by atoms with Crippen LogP contribution in [-0.4, -0.2) is 67.9 Å². The molecule has 0 heterocycles. The van der Waals surface area contributed by atoms with E-state index in [1.54, 1.807) is 49.5 Å². The molecule has 0 saturated carbocycles. The van der Waals surface area contributed by atoms with Crippen molar-refractivity contribution in [1.29, 1.82) is 0 Å². The zero-order valence-electron chi connectivity index (χ0n) is 22.1. The van der Waals surface area contributed by atoms with Gasteiger partial charge in [0, 0.05) is 23.2 Å². The third kappa shape index (κ3) is 10.5. The summed E-state index contributed by atoms with van der Waals surface area (Å²) in [6.07, 6.45) is 2.14. The molecule has 3 atom stereocenters. The first-order valence-corrected chi connectivity index (χ1v) is 12.7. The molecule has 0 aliphatic rings. The van der Waals surface area contributed by atoms with Gasteiger partial charge in [-0.1, -0.05) is 18.2 Å². The molecule has 0 saturated heterocycles. The number of amides is 4. The molecule has 2 rings (SSSR count). The van der Waals surface area contributed by atoms with Gasteiger partial charge in [0.25, 0.3) is 11.8 Å². The lowest BCUT2D eigenvalue weighted by atomic mass is 10.1. The van der Waals surface area contributed by atoms with Crippen molar-refractivity contribution in [2.75, 3.05) is 18.9 Å². The van der Waals surface area contributed by atoms with Gasteiger partial charge in [0.1, 0.15) is 24.7 Å². The largest absolute Gasteiger partial charge is 0.345 e. The number of carbonyl (C=O) groups excluding carboxylic acids is 6. The molecule has 208 valence electrons. The maximum absolute atomic E-state index is 13.1. The summed E-state index contributed by atoms with van der Waals surface area (Å²) in [5.41, 5.74) is 1.21. The molecule has 0 radical (unpaired) electrons. The van der Waals surface area contributed by atoms with Crippen molar-refractivity contribution in [3.05, 3.63) is 65.7 Å². The summed E-state index contributed by atoms with van der Waals surface area (Å²) >= 11 is 0. The predicted octanol–water partition coefficient (Wildman–Crippen LogP) is 1.20. The summed E-state index contributed by atoms with van der Waals surface area (Å²) in [5, 5.41) is 13.5. The van der Waals surface area contributed by atoms with E-state index in [-0.39, 0.29) is 24.3 Å². The quantitative estimate of drug-likeness (QED) is 0.159. The molecule has 0 aliphatic carbocycles. The first-order chi connectivity index (χ1) is 18.8. The van der Waals surface area contributed by atoms with Crippen molar-refractivity contribution in [1.82, 2.24) is 21.3 Å². The number of nitrogens with one attached hydrogen (secondary N) is 5. The number of rotatable bonds is 16. The minimum atomic E-state index is -1.08. The Bertz CT molecular complexity index is 1120. The van der Waals surface area contributed by atoms with Crippen LogP contribution >= 0.6 is 0 Å². The van der Waals surface area contributed by atoms with Gasteiger partial charge in [0.05, 0.1) is 6.04 Å². The average molecular weight is 538 g/mol. The Balaban J connectivity index is 2.07. The van der Waals surface area contributed by atoms with Crippen LogP contribution in [0.2, 0.25) is 0 Å². The predicted molar refractivity (Wildman–Crippen MR) is 146 cm³/mol. The van der Waals surface area contributed by atoms with Crippen molar-refractivity contribution >= 4 is 41.9 Å². The minimum absolute atomic E-state index is 0.0155. The van der Waals surface area contributed by atoms with E-state index in [0.717, 1.165) is 0 Å². The summed E-state index contributed by atoms with van der Waals surface area (Å²) < 4.78 is 0. The van der Waals surface area contributed by atoms with Gasteiger partial charge < -0.3 is 36.2 Å². The molecular weight excluding hydrogens is 502 g/mol. The maximum atomic E-state index is 13.1. The van der Waals surface area contributed by atoms with Crippen LogP contribution in [0.4, 0.5) is 5.69 Å². The normalized spacial score (nSPS) is 12.8. The van der Waals surface area contributed by atoms with Crippen LogP contribution in [0.15, 0.2) is 54.6 Å². The molecule has 2 aromatic carbocycles. The van der Waals surface area contributed by atoms with E-state index in [1.165, 1.54) is 19.1 Å². The highest BCUT2D eigenvalue weighted by Gasteiger charge is 2.27. The summed E-state index contributed by atoms with van der Waals surface area (Å²) in [4.78, 5) is 72.9. The first kappa shape index (κ1) is 30.8. The fourth-order valence-corrected chi connectivity index (χ4v) is 3.63. The second kappa shape index (κ2) is 16.5. The monoisotopic (exact) mass is 537 g/mol.